The Bertz CT molecular complexity index is 621. The van der Waals surface area contributed by atoms with Gasteiger partial charge in [0.1, 0.15) is 5.82 Å². The molecule has 1 aromatic rings. The van der Waals surface area contributed by atoms with E-state index >= 15 is 0 Å². The molecule has 9 heteroatoms. The second kappa shape index (κ2) is 12.8. The summed E-state index contributed by atoms with van der Waals surface area (Å²) in [6, 6.07) is 6.73. The smallest absolute Gasteiger partial charge is 0.409 e. The molecule has 0 bridgehead atoms. The van der Waals surface area contributed by atoms with Crippen molar-refractivity contribution in [2.24, 2.45) is 10.7 Å². The van der Waals surface area contributed by atoms with Crippen LogP contribution in [-0.4, -0.2) is 67.7 Å². The Kier molecular flexibility index (Phi) is 11.1. The van der Waals surface area contributed by atoms with E-state index in [1.54, 1.807) is 24.0 Å². The molecule has 28 heavy (non-hydrogen) atoms. The van der Waals surface area contributed by atoms with E-state index < -0.39 is 0 Å². The van der Waals surface area contributed by atoms with Crippen molar-refractivity contribution in [3.05, 3.63) is 35.6 Å². The summed E-state index contributed by atoms with van der Waals surface area (Å²) in [6.07, 6.45) is 1.39. The molecule has 0 aliphatic carbocycles. The maximum Gasteiger partial charge on any atom is 0.409 e. The maximum atomic E-state index is 12.9. The summed E-state index contributed by atoms with van der Waals surface area (Å²) in [6.45, 7) is 5.58. The average molecular weight is 507 g/mol. The first-order chi connectivity index (χ1) is 13.0. The van der Waals surface area contributed by atoms with Crippen molar-refractivity contribution in [1.82, 2.24) is 15.1 Å². The molecule has 2 rings (SSSR count). The molecular weight excluding hydrogens is 476 g/mol. The number of hydrogen-bond acceptors (Lipinski definition) is 4. The summed E-state index contributed by atoms with van der Waals surface area (Å²) in [4.78, 5) is 19.9. The highest BCUT2D eigenvalue weighted by molar-refractivity contribution is 14.0. The van der Waals surface area contributed by atoms with Crippen molar-refractivity contribution < 1.29 is 13.9 Å². The fourth-order valence-electron chi connectivity index (χ4n) is 3.00. The molecule has 0 unspecified atom stereocenters. The molecule has 1 aliphatic rings. The lowest BCUT2D eigenvalue weighted by atomic mass is 10.1. The number of piperidine rings is 1. The van der Waals surface area contributed by atoms with Crippen LogP contribution in [0.3, 0.4) is 0 Å². The maximum absolute atomic E-state index is 12.9. The van der Waals surface area contributed by atoms with E-state index in [1.807, 2.05) is 7.05 Å². The number of hydrogen-bond donors (Lipinski definition) is 2. The number of nitrogens with zero attached hydrogens (tertiary/aromatic N) is 3. The van der Waals surface area contributed by atoms with E-state index in [0.717, 1.165) is 31.5 Å². The first-order valence-corrected chi connectivity index (χ1v) is 9.39. The van der Waals surface area contributed by atoms with Crippen LogP contribution in [0, 0.1) is 5.82 Å². The van der Waals surface area contributed by atoms with Crippen LogP contribution < -0.4 is 11.1 Å². The van der Waals surface area contributed by atoms with Crippen LogP contribution in [0.2, 0.25) is 0 Å². The lowest BCUT2D eigenvalue weighted by Crippen LogP contribution is -2.48. The molecule has 3 N–H and O–H groups in total. The summed E-state index contributed by atoms with van der Waals surface area (Å²) in [5.41, 5.74) is 7.03. The van der Waals surface area contributed by atoms with Crippen molar-refractivity contribution in [2.75, 3.05) is 39.8 Å². The second-order valence-electron chi connectivity index (χ2n) is 6.74. The molecule has 0 radical (unpaired) electrons. The minimum atomic E-state index is -0.248. The predicted octanol–water partition coefficient (Wildman–Crippen LogP) is 2.40. The van der Waals surface area contributed by atoms with Crippen LogP contribution in [0.15, 0.2) is 29.3 Å². The van der Waals surface area contributed by atoms with Gasteiger partial charge < -0.3 is 25.6 Å². The number of carbonyl (C=O) groups is 1. The minimum Gasteiger partial charge on any atom is -0.450 e. The fraction of sp³-hybridized carbons (Fsp3) is 0.579. The number of likely N-dealkylation sites (N-methyl/N-ethyl adjacent to an activating group) is 1. The first kappa shape index (κ1) is 24.4. The molecule has 1 fully saturated rings. The molecule has 1 aliphatic heterocycles. The largest absolute Gasteiger partial charge is 0.450 e. The van der Waals surface area contributed by atoms with Crippen molar-refractivity contribution in [3.63, 3.8) is 0 Å². The van der Waals surface area contributed by atoms with Gasteiger partial charge in [0, 0.05) is 32.2 Å². The molecule has 1 amide bonds. The molecule has 0 atom stereocenters. The Morgan fingerprint density at radius 2 is 2.00 bits per heavy atom. The van der Waals surface area contributed by atoms with E-state index in [2.05, 4.69) is 15.2 Å². The fourth-order valence-corrected chi connectivity index (χ4v) is 3.00. The number of nitrogens with one attached hydrogen (secondary N) is 1. The van der Waals surface area contributed by atoms with E-state index in [-0.39, 0.29) is 41.9 Å². The molecule has 1 aromatic carbocycles. The Morgan fingerprint density at radius 1 is 1.36 bits per heavy atom. The highest BCUT2D eigenvalue weighted by Crippen LogP contribution is 2.11. The Balaban J connectivity index is 0.00000392. The van der Waals surface area contributed by atoms with E-state index in [9.17, 15) is 9.18 Å². The number of ether oxygens (including phenoxy) is 1. The number of aliphatic imine (C=N–C) groups is 1. The van der Waals surface area contributed by atoms with Crippen LogP contribution in [0.5, 0.6) is 0 Å². The molecule has 7 nitrogen and oxygen atoms in total. The van der Waals surface area contributed by atoms with Gasteiger partial charge in [-0.3, -0.25) is 4.99 Å². The van der Waals surface area contributed by atoms with Gasteiger partial charge in [-0.1, -0.05) is 12.1 Å². The number of carbonyl (C=O) groups excluding carboxylic acids is 1. The standard InChI is InChI=1S/C19H30FN5O2.HI/c1-3-27-19(26)25-11-8-17(9-12-25)23-18(21)22-10-13-24(2)14-15-4-6-16(20)7-5-15;/h4-7,17H,3,8-14H2,1-2H3,(H3,21,22,23);1H. The minimum absolute atomic E-state index is 0. The molecular formula is C19H31FIN5O2. The van der Waals surface area contributed by atoms with Gasteiger partial charge in [0.2, 0.25) is 0 Å². The van der Waals surface area contributed by atoms with Gasteiger partial charge in [-0.25, -0.2) is 9.18 Å². The van der Waals surface area contributed by atoms with Crippen LogP contribution in [-0.2, 0) is 11.3 Å². The molecule has 0 saturated carbocycles. The topological polar surface area (TPSA) is 83.2 Å². The average Bonchev–Trinajstić information content (AvgIpc) is 2.64. The van der Waals surface area contributed by atoms with Crippen LogP contribution in [0.25, 0.3) is 0 Å². The van der Waals surface area contributed by atoms with Crippen LogP contribution >= 0.6 is 24.0 Å². The zero-order chi connectivity index (χ0) is 19.6. The van der Waals surface area contributed by atoms with E-state index in [0.29, 0.717) is 32.2 Å². The third-order valence-corrected chi connectivity index (χ3v) is 4.50. The van der Waals surface area contributed by atoms with Crippen molar-refractivity contribution in [1.29, 1.82) is 0 Å². The van der Waals surface area contributed by atoms with Crippen molar-refractivity contribution in [3.8, 4) is 0 Å². The molecule has 1 saturated heterocycles. The first-order valence-electron chi connectivity index (χ1n) is 9.39. The second-order valence-corrected chi connectivity index (χ2v) is 6.74. The number of nitrogens with two attached hydrogens (primary N) is 1. The number of likely N-dealkylation sites (tertiary alicyclic amines) is 1. The monoisotopic (exact) mass is 507 g/mol. The highest BCUT2D eigenvalue weighted by Gasteiger charge is 2.23. The number of benzene rings is 1. The number of guanidine groups is 1. The molecule has 0 spiro atoms. The van der Waals surface area contributed by atoms with Gasteiger partial charge in [0.15, 0.2) is 5.96 Å². The zero-order valence-corrected chi connectivity index (χ0v) is 18.9. The predicted molar refractivity (Wildman–Crippen MR) is 119 cm³/mol. The van der Waals surface area contributed by atoms with Gasteiger partial charge in [-0.05, 0) is 44.5 Å². The molecule has 1 heterocycles. The molecule has 0 aromatic heterocycles. The van der Waals surface area contributed by atoms with Gasteiger partial charge in [0.05, 0.1) is 13.2 Å². The summed E-state index contributed by atoms with van der Waals surface area (Å²) < 4.78 is 17.9. The Labute approximate surface area is 183 Å². The quantitative estimate of drug-likeness (QED) is 0.337. The SMILES string of the molecule is CCOC(=O)N1CCC(NC(N)=NCCN(C)Cc2ccc(F)cc2)CC1.I. The summed E-state index contributed by atoms with van der Waals surface area (Å²) in [5, 5.41) is 3.23. The third kappa shape index (κ3) is 8.59. The molecule has 158 valence electrons. The van der Waals surface area contributed by atoms with Crippen LogP contribution in [0.4, 0.5) is 9.18 Å². The Hall–Kier alpha value is -1.62. The summed E-state index contributed by atoms with van der Waals surface area (Å²) in [5.74, 6) is 0.206. The number of halogens is 2. The highest BCUT2D eigenvalue weighted by atomic mass is 127. The van der Waals surface area contributed by atoms with E-state index in [4.69, 9.17) is 10.5 Å². The van der Waals surface area contributed by atoms with Gasteiger partial charge >= 0.3 is 6.09 Å². The van der Waals surface area contributed by atoms with Gasteiger partial charge in [-0.2, -0.15) is 0 Å². The summed E-state index contributed by atoms with van der Waals surface area (Å²) in [7, 11) is 1.99. The van der Waals surface area contributed by atoms with E-state index in [1.165, 1.54) is 12.1 Å². The number of rotatable bonds is 7. The zero-order valence-electron chi connectivity index (χ0n) is 16.6. The van der Waals surface area contributed by atoms with Crippen LogP contribution in [0.1, 0.15) is 25.3 Å². The third-order valence-electron chi connectivity index (χ3n) is 4.50. The van der Waals surface area contributed by atoms with Gasteiger partial charge in [-0.15, -0.1) is 24.0 Å². The Morgan fingerprint density at radius 3 is 2.61 bits per heavy atom. The van der Waals surface area contributed by atoms with Gasteiger partial charge in [0.25, 0.3) is 0 Å². The van der Waals surface area contributed by atoms with Crippen molar-refractivity contribution in [2.45, 2.75) is 32.4 Å². The lowest BCUT2D eigenvalue weighted by Gasteiger charge is -2.31. The van der Waals surface area contributed by atoms with Crippen molar-refractivity contribution >= 4 is 36.0 Å². The summed E-state index contributed by atoms with van der Waals surface area (Å²) >= 11 is 0. The normalized spacial score (nSPS) is 15.3. The number of amides is 1. The lowest BCUT2D eigenvalue weighted by molar-refractivity contribution is 0.0963.